The molecule has 2 aromatic heterocycles. The largest absolute Gasteiger partial charge is 0.368 e. The van der Waals surface area contributed by atoms with E-state index in [2.05, 4.69) is 20.4 Å². The van der Waals surface area contributed by atoms with Gasteiger partial charge in [0.05, 0.1) is 0 Å². The Morgan fingerprint density at radius 2 is 2.50 bits per heavy atom. The van der Waals surface area contributed by atoms with Crippen molar-refractivity contribution in [3.05, 3.63) is 36.5 Å². The fourth-order valence-corrected chi connectivity index (χ4v) is 2.17. The fraction of sp³-hybridized carbons (Fsp3) is 0.385. The number of amides is 1. The summed E-state index contributed by atoms with van der Waals surface area (Å²) in [7, 11) is 0. The van der Waals surface area contributed by atoms with Crippen molar-refractivity contribution in [1.29, 1.82) is 0 Å². The number of carbonyl (C=O) groups is 1. The first-order chi connectivity index (χ1) is 9.84. The molecule has 7 heteroatoms. The maximum atomic E-state index is 11.9. The maximum absolute atomic E-state index is 11.9. The summed E-state index contributed by atoms with van der Waals surface area (Å²) in [5, 5.41) is 6.94. The molecule has 1 fully saturated rings. The van der Waals surface area contributed by atoms with Crippen LogP contribution in [0.2, 0.25) is 0 Å². The summed E-state index contributed by atoms with van der Waals surface area (Å²) in [6, 6.07) is 3.73. The number of nitrogens with zero attached hydrogens (tertiary/aromatic N) is 4. The van der Waals surface area contributed by atoms with Crippen LogP contribution in [0.1, 0.15) is 18.4 Å². The number of pyridine rings is 1. The first kappa shape index (κ1) is 12.7. The van der Waals surface area contributed by atoms with Gasteiger partial charge < -0.3 is 10.1 Å². The standard InChI is InChI=1S/C13H15N5O2/c19-13(11-4-2-6-20-11)16-7-10-3-1-5-15-12(10)18-9-14-8-17-18/h1,3,5,8-9,11H,2,4,6-7H2,(H,16,19)/t11-/m1/s1. The average molecular weight is 273 g/mol. The van der Waals surface area contributed by atoms with Gasteiger partial charge in [0.1, 0.15) is 18.8 Å². The highest BCUT2D eigenvalue weighted by Gasteiger charge is 2.23. The minimum Gasteiger partial charge on any atom is -0.368 e. The summed E-state index contributed by atoms with van der Waals surface area (Å²) in [4.78, 5) is 20.1. The molecule has 1 atom stereocenters. The van der Waals surface area contributed by atoms with Crippen molar-refractivity contribution in [2.24, 2.45) is 0 Å². The van der Waals surface area contributed by atoms with Crippen molar-refractivity contribution in [1.82, 2.24) is 25.1 Å². The Balaban J connectivity index is 1.70. The molecule has 0 aromatic carbocycles. The van der Waals surface area contributed by atoms with E-state index in [4.69, 9.17) is 4.74 Å². The van der Waals surface area contributed by atoms with Gasteiger partial charge in [0.15, 0.2) is 5.82 Å². The molecule has 0 radical (unpaired) electrons. The van der Waals surface area contributed by atoms with E-state index in [-0.39, 0.29) is 12.0 Å². The third kappa shape index (κ3) is 2.67. The third-order valence-electron chi connectivity index (χ3n) is 3.18. The maximum Gasteiger partial charge on any atom is 0.249 e. The number of aromatic nitrogens is 4. The molecule has 0 saturated carbocycles. The Kier molecular flexibility index (Phi) is 3.69. The quantitative estimate of drug-likeness (QED) is 0.875. The molecular weight excluding hydrogens is 258 g/mol. The van der Waals surface area contributed by atoms with Gasteiger partial charge in [-0.05, 0) is 18.9 Å². The number of hydrogen-bond acceptors (Lipinski definition) is 5. The number of nitrogens with one attached hydrogen (secondary N) is 1. The number of ether oxygens (including phenoxy) is 1. The lowest BCUT2D eigenvalue weighted by molar-refractivity contribution is -0.130. The lowest BCUT2D eigenvalue weighted by atomic mass is 10.2. The summed E-state index contributed by atoms with van der Waals surface area (Å²) in [6.07, 6.45) is 6.12. The molecule has 3 heterocycles. The summed E-state index contributed by atoms with van der Waals surface area (Å²) in [5.41, 5.74) is 0.879. The molecule has 1 saturated heterocycles. The molecule has 0 aliphatic carbocycles. The van der Waals surface area contributed by atoms with Gasteiger partial charge in [-0.25, -0.2) is 14.6 Å². The Morgan fingerprint density at radius 3 is 3.25 bits per heavy atom. The van der Waals surface area contributed by atoms with Gasteiger partial charge in [-0.2, -0.15) is 5.10 Å². The van der Waals surface area contributed by atoms with E-state index in [0.29, 0.717) is 19.0 Å². The van der Waals surface area contributed by atoms with Crippen molar-refractivity contribution in [3.8, 4) is 5.82 Å². The number of carbonyl (C=O) groups excluding carboxylic acids is 1. The van der Waals surface area contributed by atoms with Crippen LogP contribution in [0.15, 0.2) is 31.0 Å². The summed E-state index contributed by atoms with van der Waals surface area (Å²) >= 11 is 0. The van der Waals surface area contributed by atoms with Crippen molar-refractivity contribution < 1.29 is 9.53 Å². The van der Waals surface area contributed by atoms with Crippen molar-refractivity contribution in [3.63, 3.8) is 0 Å². The molecule has 1 N–H and O–H groups in total. The van der Waals surface area contributed by atoms with Gasteiger partial charge in [0.25, 0.3) is 0 Å². The van der Waals surface area contributed by atoms with Gasteiger partial charge in [0, 0.05) is 24.9 Å². The van der Waals surface area contributed by atoms with Crippen LogP contribution < -0.4 is 5.32 Å². The second-order valence-electron chi connectivity index (χ2n) is 4.55. The molecule has 0 unspecified atom stereocenters. The molecule has 20 heavy (non-hydrogen) atoms. The second-order valence-corrected chi connectivity index (χ2v) is 4.55. The smallest absolute Gasteiger partial charge is 0.249 e. The van der Waals surface area contributed by atoms with Crippen molar-refractivity contribution in [2.75, 3.05) is 6.61 Å². The predicted octanol–water partition coefficient (Wildman–Crippen LogP) is 0.457. The topological polar surface area (TPSA) is 81.9 Å². The first-order valence-corrected chi connectivity index (χ1v) is 6.53. The van der Waals surface area contributed by atoms with E-state index >= 15 is 0 Å². The molecule has 3 rings (SSSR count). The summed E-state index contributed by atoms with van der Waals surface area (Å²) in [6.45, 7) is 1.05. The van der Waals surface area contributed by atoms with Crippen molar-refractivity contribution in [2.45, 2.75) is 25.5 Å². The Labute approximate surface area is 116 Å². The molecule has 1 aliphatic rings. The highest BCUT2D eigenvalue weighted by Crippen LogP contribution is 2.13. The Bertz CT molecular complexity index is 578. The van der Waals surface area contributed by atoms with E-state index in [9.17, 15) is 4.79 Å². The van der Waals surface area contributed by atoms with E-state index in [1.54, 1.807) is 17.2 Å². The van der Waals surface area contributed by atoms with Crippen LogP contribution in [0.3, 0.4) is 0 Å². The minimum absolute atomic E-state index is 0.0732. The Hall–Kier alpha value is -2.28. The molecule has 0 spiro atoms. The van der Waals surface area contributed by atoms with Crippen LogP contribution in [0, 0.1) is 0 Å². The van der Waals surface area contributed by atoms with Gasteiger partial charge in [0.2, 0.25) is 5.91 Å². The normalized spacial score (nSPS) is 18.1. The van der Waals surface area contributed by atoms with Crippen molar-refractivity contribution >= 4 is 5.91 Å². The molecule has 7 nitrogen and oxygen atoms in total. The second kappa shape index (κ2) is 5.79. The number of hydrogen-bond donors (Lipinski definition) is 1. The SMILES string of the molecule is O=C(NCc1cccnc1-n1cncn1)[C@H]1CCCO1. The number of rotatable bonds is 4. The zero-order valence-corrected chi connectivity index (χ0v) is 10.9. The molecule has 104 valence electrons. The van der Waals surface area contributed by atoms with E-state index in [0.717, 1.165) is 18.4 Å². The van der Waals surface area contributed by atoms with Gasteiger partial charge in [-0.15, -0.1) is 0 Å². The van der Waals surface area contributed by atoms with Crippen LogP contribution in [-0.2, 0) is 16.1 Å². The lowest BCUT2D eigenvalue weighted by Gasteiger charge is -2.12. The fourth-order valence-electron chi connectivity index (χ4n) is 2.17. The molecule has 2 aromatic rings. The highest BCUT2D eigenvalue weighted by atomic mass is 16.5. The molecule has 1 aliphatic heterocycles. The van der Waals surface area contributed by atoms with Gasteiger partial charge in [-0.3, -0.25) is 4.79 Å². The van der Waals surface area contributed by atoms with Crippen LogP contribution in [0.25, 0.3) is 5.82 Å². The zero-order chi connectivity index (χ0) is 13.8. The summed E-state index contributed by atoms with van der Waals surface area (Å²) < 4.78 is 6.93. The Morgan fingerprint density at radius 1 is 1.55 bits per heavy atom. The molecular formula is C13H15N5O2. The van der Waals surface area contributed by atoms with Gasteiger partial charge >= 0.3 is 0 Å². The van der Waals surface area contributed by atoms with E-state index in [1.807, 2.05) is 12.1 Å². The van der Waals surface area contributed by atoms with Crippen LogP contribution in [0.4, 0.5) is 0 Å². The minimum atomic E-state index is -0.318. The van der Waals surface area contributed by atoms with E-state index < -0.39 is 0 Å². The highest BCUT2D eigenvalue weighted by molar-refractivity contribution is 5.81. The average Bonchev–Trinajstić information content (AvgIpc) is 3.17. The first-order valence-electron chi connectivity index (χ1n) is 6.53. The monoisotopic (exact) mass is 273 g/mol. The zero-order valence-electron chi connectivity index (χ0n) is 10.9. The molecule has 0 bridgehead atoms. The van der Waals surface area contributed by atoms with Crippen LogP contribution >= 0.6 is 0 Å². The summed E-state index contributed by atoms with van der Waals surface area (Å²) in [5.74, 6) is 0.591. The lowest BCUT2D eigenvalue weighted by Crippen LogP contribution is -2.33. The molecule has 1 amide bonds. The van der Waals surface area contributed by atoms with Gasteiger partial charge in [-0.1, -0.05) is 6.07 Å². The van der Waals surface area contributed by atoms with E-state index in [1.165, 1.54) is 6.33 Å². The third-order valence-corrected chi connectivity index (χ3v) is 3.18. The predicted molar refractivity (Wildman–Crippen MR) is 70.0 cm³/mol. The van der Waals surface area contributed by atoms with Crippen LogP contribution in [-0.4, -0.2) is 38.4 Å². The van der Waals surface area contributed by atoms with Crippen LogP contribution in [0.5, 0.6) is 0 Å².